The van der Waals surface area contributed by atoms with Crippen LogP contribution < -0.4 is 14.9 Å². The quantitative estimate of drug-likeness (QED) is 0.275. The summed E-state index contributed by atoms with van der Waals surface area (Å²) in [5, 5.41) is 12.9. The van der Waals surface area contributed by atoms with Crippen LogP contribution in [0.3, 0.4) is 0 Å². The van der Waals surface area contributed by atoms with Crippen molar-refractivity contribution in [1.82, 2.24) is 5.43 Å². The summed E-state index contributed by atoms with van der Waals surface area (Å²) < 4.78 is 47.3. The second-order valence-corrected chi connectivity index (χ2v) is 10.7. The molecule has 35 heavy (non-hydrogen) atoms. The number of ether oxygens (including phenoxy) is 1. The first-order valence-corrected chi connectivity index (χ1v) is 12.6. The number of carboxylic acid groups (broad SMARTS) is 1. The molecule has 0 aliphatic heterocycles. The molecule has 0 fully saturated rings. The zero-order chi connectivity index (χ0) is 25.8. The average Bonchev–Trinajstić information content (AvgIpc) is 3.24. The maximum absolute atomic E-state index is 14.5. The molecule has 0 saturated heterocycles. The third kappa shape index (κ3) is 6.35. The Balaban J connectivity index is 1.83. The van der Waals surface area contributed by atoms with Crippen molar-refractivity contribution in [3.05, 3.63) is 75.4 Å². The minimum atomic E-state index is -4.20. The van der Waals surface area contributed by atoms with Crippen LogP contribution in [0.25, 0.3) is 0 Å². The van der Waals surface area contributed by atoms with E-state index in [4.69, 9.17) is 21.4 Å². The molecule has 0 spiro atoms. The molecule has 3 N–H and O–H groups in total. The second-order valence-electron chi connectivity index (χ2n) is 7.12. The van der Waals surface area contributed by atoms with Crippen molar-refractivity contribution in [1.29, 1.82) is 0 Å². The van der Waals surface area contributed by atoms with E-state index < -0.39 is 39.5 Å². The van der Waals surface area contributed by atoms with E-state index in [1.54, 1.807) is 25.1 Å². The van der Waals surface area contributed by atoms with Gasteiger partial charge in [0.1, 0.15) is 15.8 Å². The number of amides is 1. The fourth-order valence-electron chi connectivity index (χ4n) is 2.83. The van der Waals surface area contributed by atoms with E-state index in [0.717, 1.165) is 17.4 Å². The minimum Gasteiger partial charge on any atom is -0.479 e. The Bertz CT molecular complexity index is 1410. The molecule has 1 unspecified atom stereocenters. The van der Waals surface area contributed by atoms with Gasteiger partial charge in [0.2, 0.25) is 0 Å². The molecule has 0 aliphatic rings. The van der Waals surface area contributed by atoms with E-state index in [1.807, 2.05) is 0 Å². The zero-order valence-corrected chi connectivity index (χ0v) is 20.7. The number of aliphatic carboxylic acids is 1. The second kappa shape index (κ2) is 10.8. The molecule has 0 saturated carbocycles. The van der Waals surface area contributed by atoms with Crippen LogP contribution in [0.1, 0.15) is 28.4 Å². The van der Waals surface area contributed by atoms with Crippen LogP contribution in [-0.2, 0) is 14.8 Å². The molecule has 0 aliphatic carbocycles. The molecule has 1 amide bonds. The van der Waals surface area contributed by atoms with Crippen LogP contribution in [0.15, 0.2) is 57.8 Å². The lowest BCUT2D eigenvalue weighted by Gasteiger charge is -2.15. The summed E-state index contributed by atoms with van der Waals surface area (Å²) in [7, 11) is -4.20. The number of halogens is 2. The van der Waals surface area contributed by atoms with Gasteiger partial charge in [-0.05, 0) is 49.7 Å². The van der Waals surface area contributed by atoms with Gasteiger partial charge in [0.05, 0.1) is 21.8 Å². The van der Waals surface area contributed by atoms with Gasteiger partial charge in [-0.25, -0.2) is 23.0 Å². The Kier molecular flexibility index (Phi) is 8.10. The van der Waals surface area contributed by atoms with Crippen molar-refractivity contribution in [2.45, 2.75) is 24.2 Å². The van der Waals surface area contributed by atoms with Gasteiger partial charge in [-0.3, -0.25) is 9.52 Å². The number of para-hydroxylation sites is 2. The zero-order valence-electron chi connectivity index (χ0n) is 18.3. The fraction of sp³-hybridized carbons (Fsp3) is 0.136. The lowest BCUT2D eigenvalue weighted by molar-refractivity contribution is -0.144. The van der Waals surface area contributed by atoms with E-state index in [-0.39, 0.29) is 19.9 Å². The molecule has 0 bridgehead atoms. The summed E-state index contributed by atoms with van der Waals surface area (Å²) in [6.07, 6.45) is 0.102. The highest BCUT2D eigenvalue weighted by molar-refractivity contribution is 7.94. The van der Waals surface area contributed by atoms with Crippen molar-refractivity contribution < 1.29 is 32.2 Å². The number of carbonyl (C=O) groups excluding carboxylic acids is 1. The number of carboxylic acids is 1. The van der Waals surface area contributed by atoms with E-state index in [1.165, 1.54) is 37.4 Å². The summed E-state index contributed by atoms with van der Waals surface area (Å²) >= 11 is 6.56. The lowest BCUT2D eigenvalue weighted by Crippen LogP contribution is -2.24. The summed E-state index contributed by atoms with van der Waals surface area (Å²) in [5.41, 5.74) is 2.36. The summed E-state index contributed by atoms with van der Waals surface area (Å²) in [6, 6.07) is 11.1. The number of hydrazone groups is 1. The molecule has 1 atom stereocenters. The number of rotatable bonds is 9. The molecule has 1 aromatic heterocycles. The molecule has 3 aromatic rings. The van der Waals surface area contributed by atoms with Crippen LogP contribution in [0.4, 0.5) is 10.1 Å². The third-order valence-electron chi connectivity index (χ3n) is 4.56. The third-order valence-corrected chi connectivity index (χ3v) is 7.64. The Morgan fingerprint density at radius 1 is 1.20 bits per heavy atom. The molecule has 1 heterocycles. The standard InChI is InChI=1S/C22H19ClFN3O6S2/c1-12-5-3-6-14(20(12)33-13(2)22(29)30)11-25-26-21(28)15-7-4-8-16(24)19(15)27-35(31,32)18-10-9-17(23)34-18/h3-11,13,27H,1-2H3,(H,26,28)(H,29,30). The number of benzene rings is 2. The molecule has 2 aromatic carbocycles. The number of thiophene rings is 1. The van der Waals surface area contributed by atoms with Gasteiger partial charge in [-0.2, -0.15) is 5.10 Å². The van der Waals surface area contributed by atoms with Gasteiger partial charge >= 0.3 is 5.97 Å². The fourth-order valence-corrected chi connectivity index (χ4v) is 5.40. The van der Waals surface area contributed by atoms with Crippen molar-refractivity contribution in [2.24, 2.45) is 5.10 Å². The number of carbonyl (C=O) groups is 2. The Labute approximate surface area is 209 Å². The first-order valence-electron chi connectivity index (χ1n) is 9.88. The first-order chi connectivity index (χ1) is 16.5. The van der Waals surface area contributed by atoms with Gasteiger partial charge in [-0.15, -0.1) is 11.3 Å². The molecule has 9 nitrogen and oxygen atoms in total. The van der Waals surface area contributed by atoms with E-state index in [2.05, 4.69) is 15.2 Å². The predicted molar refractivity (Wildman–Crippen MR) is 131 cm³/mol. The van der Waals surface area contributed by atoms with E-state index in [0.29, 0.717) is 11.1 Å². The molecule has 184 valence electrons. The lowest BCUT2D eigenvalue weighted by atomic mass is 10.1. The van der Waals surface area contributed by atoms with Gasteiger partial charge in [0, 0.05) is 5.56 Å². The van der Waals surface area contributed by atoms with Crippen molar-refractivity contribution in [2.75, 3.05) is 4.72 Å². The maximum atomic E-state index is 14.5. The normalized spacial score (nSPS) is 12.3. The number of nitrogens with one attached hydrogen (secondary N) is 2. The van der Waals surface area contributed by atoms with Crippen molar-refractivity contribution >= 4 is 56.7 Å². The number of aryl methyl sites for hydroxylation is 1. The van der Waals surface area contributed by atoms with Crippen molar-refractivity contribution in [3.8, 4) is 5.75 Å². The first kappa shape index (κ1) is 26.1. The maximum Gasteiger partial charge on any atom is 0.344 e. The number of hydrogen-bond donors (Lipinski definition) is 3. The number of hydrogen-bond acceptors (Lipinski definition) is 7. The molecule has 3 rings (SSSR count). The highest BCUT2D eigenvalue weighted by Gasteiger charge is 2.23. The van der Waals surface area contributed by atoms with Crippen LogP contribution >= 0.6 is 22.9 Å². The smallest absolute Gasteiger partial charge is 0.344 e. The Morgan fingerprint density at radius 2 is 1.91 bits per heavy atom. The highest BCUT2D eigenvalue weighted by Crippen LogP contribution is 2.29. The topological polar surface area (TPSA) is 134 Å². The van der Waals surface area contributed by atoms with E-state index >= 15 is 0 Å². The predicted octanol–water partition coefficient (Wildman–Crippen LogP) is 4.27. The Morgan fingerprint density at radius 3 is 2.57 bits per heavy atom. The van der Waals surface area contributed by atoms with E-state index in [9.17, 15) is 22.4 Å². The van der Waals surface area contributed by atoms with Gasteiger partial charge in [-0.1, -0.05) is 29.8 Å². The summed E-state index contributed by atoms with van der Waals surface area (Å²) in [6.45, 7) is 3.08. The van der Waals surface area contributed by atoms with Gasteiger partial charge in [0.15, 0.2) is 6.10 Å². The van der Waals surface area contributed by atoms with Crippen LogP contribution in [-0.4, -0.2) is 37.7 Å². The van der Waals surface area contributed by atoms with Crippen LogP contribution in [0, 0.1) is 12.7 Å². The summed E-state index contributed by atoms with van der Waals surface area (Å²) in [4.78, 5) is 23.8. The SMILES string of the molecule is Cc1cccc(C=NNC(=O)c2cccc(F)c2NS(=O)(=O)c2ccc(Cl)s2)c1OC(C)C(=O)O. The number of nitrogens with zero attached hydrogens (tertiary/aromatic N) is 1. The number of sulfonamides is 1. The monoisotopic (exact) mass is 539 g/mol. The minimum absolute atomic E-state index is 0.155. The molecule has 0 radical (unpaired) electrons. The molecular formula is C22H19ClFN3O6S2. The highest BCUT2D eigenvalue weighted by atomic mass is 35.5. The summed E-state index contributed by atoms with van der Waals surface area (Å²) in [5.74, 6) is -2.76. The number of anilines is 1. The van der Waals surface area contributed by atoms with Crippen LogP contribution in [0.5, 0.6) is 5.75 Å². The molecular weight excluding hydrogens is 521 g/mol. The Hall–Kier alpha value is -3.48. The molecule has 13 heteroatoms. The van der Waals surface area contributed by atoms with Crippen LogP contribution in [0.2, 0.25) is 4.34 Å². The van der Waals surface area contributed by atoms with Crippen molar-refractivity contribution in [3.63, 3.8) is 0 Å². The average molecular weight is 540 g/mol. The largest absolute Gasteiger partial charge is 0.479 e. The van der Waals surface area contributed by atoms with Gasteiger partial charge < -0.3 is 9.84 Å². The van der Waals surface area contributed by atoms with Gasteiger partial charge in [0.25, 0.3) is 15.9 Å².